The molecule has 0 spiro atoms. The molecule has 72 heavy (non-hydrogen) atoms. The van der Waals surface area contributed by atoms with Crippen molar-refractivity contribution in [1.82, 2.24) is 0 Å². The van der Waals surface area contributed by atoms with Crippen LogP contribution in [0, 0.1) is 5.92 Å². The minimum atomic E-state index is -0.586. The summed E-state index contributed by atoms with van der Waals surface area (Å²) in [5.41, 5.74) is 17.8. The molecule has 0 aromatic heterocycles. The smallest absolute Gasteiger partial charge is 0.0564 e. The van der Waals surface area contributed by atoms with Crippen molar-refractivity contribution >= 4 is 66.4 Å². The highest BCUT2D eigenvalue weighted by Crippen LogP contribution is 2.64. The van der Waals surface area contributed by atoms with Gasteiger partial charge in [-0.3, -0.25) is 0 Å². The Labute approximate surface area is 422 Å². The standard InChI is InChI=1S/C70H52N2/c1-69(2)63-41-36-49-22-16-17-31-59(49)67(63)61-40-37-53(44-64(61)69)70(52-25-6-3-7-26-52)62-33-19-18-32-60(62)68-65(70)45-58(71(54-27-8-4-9-28-54)56-38-34-47-20-12-14-23-50(47)42-56)46-66(68)72(55-29-10-5-11-30-55)57-39-35-48-21-13-15-24-51(48)43-57/h3-25,27-46,52H,26H2,1-2H3. The molecule has 0 aliphatic heterocycles. The van der Waals surface area contributed by atoms with E-state index >= 15 is 0 Å². The van der Waals surface area contributed by atoms with Crippen molar-refractivity contribution in [3.05, 3.63) is 289 Å². The van der Waals surface area contributed by atoms with Gasteiger partial charge in [-0.15, -0.1) is 0 Å². The maximum absolute atomic E-state index is 2.62. The fourth-order valence-electron chi connectivity index (χ4n) is 12.9. The molecule has 2 heteroatoms. The molecule has 0 saturated heterocycles. The molecule has 0 amide bonds. The first-order valence-corrected chi connectivity index (χ1v) is 25.4. The molecule has 2 nitrogen and oxygen atoms in total. The van der Waals surface area contributed by atoms with Crippen LogP contribution >= 0.6 is 0 Å². The summed E-state index contributed by atoms with van der Waals surface area (Å²) in [7, 11) is 0. The van der Waals surface area contributed by atoms with E-state index in [2.05, 4.69) is 285 Å². The number of fused-ring (bicyclic) bond motifs is 10. The van der Waals surface area contributed by atoms with E-state index in [-0.39, 0.29) is 11.3 Å². The highest BCUT2D eigenvalue weighted by Gasteiger charge is 2.52. The molecule has 14 rings (SSSR count). The van der Waals surface area contributed by atoms with Crippen molar-refractivity contribution in [3.63, 3.8) is 0 Å². The Morgan fingerprint density at radius 3 is 1.65 bits per heavy atom. The van der Waals surface area contributed by atoms with Crippen LogP contribution in [0.4, 0.5) is 34.1 Å². The van der Waals surface area contributed by atoms with Crippen molar-refractivity contribution in [3.8, 4) is 22.3 Å². The number of anilines is 6. The lowest BCUT2D eigenvalue weighted by atomic mass is 9.61. The van der Waals surface area contributed by atoms with Crippen LogP contribution in [0.25, 0.3) is 54.6 Å². The third-order valence-electron chi connectivity index (χ3n) is 16.2. The van der Waals surface area contributed by atoms with Crippen LogP contribution in [0.5, 0.6) is 0 Å². The third-order valence-corrected chi connectivity index (χ3v) is 16.2. The van der Waals surface area contributed by atoms with Crippen molar-refractivity contribution in [2.75, 3.05) is 9.80 Å². The van der Waals surface area contributed by atoms with Gasteiger partial charge in [0.1, 0.15) is 0 Å². The van der Waals surface area contributed by atoms with Gasteiger partial charge in [0.15, 0.2) is 0 Å². The van der Waals surface area contributed by atoms with Crippen molar-refractivity contribution in [2.45, 2.75) is 31.1 Å². The zero-order valence-electron chi connectivity index (χ0n) is 40.5. The maximum Gasteiger partial charge on any atom is 0.0564 e. The van der Waals surface area contributed by atoms with Gasteiger partial charge in [-0.05, 0) is 150 Å². The highest BCUT2D eigenvalue weighted by molar-refractivity contribution is 6.04. The SMILES string of the molecule is CC1(C)c2cc(C3(C4C=CC=CC4)c4ccccc4-c4c(N(c5ccccc5)c5ccc6ccccc6c5)cc(N(c5ccccc5)c5ccc6ccccc6c5)cc43)ccc2-c2c1ccc1ccccc21. The molecular weight excluding hydrogens is 869 g/mol. The second-order valence-electron chi connectivity index (χ2n) is 20.4. The van der Waals surface area contributed by atoms with Crippen molar-refractivity contribution < 1.29 is 0 Å². The maximum atomic E-state index is 2.62. The minimum Gasteiger partial charge on any atom is -0.310 e. The summed E-state index contributed by atoms with van der Waals surface area (Å²) in [6.45, 7) is 4.86. The van der Waals surface area contributed by atoms with E-state index in [0.29, 0.717) is 0 Å². The quantitative estimate of drug-likeness (QED) is 0.150. The van der Waals surface area contributed by atoms with Gasteiger partial charge in [0.25, 0.3) is 0 Å². The molecule has 11 aromatic rings. The molecule has 11 aromatic carbocycles. The zero-order valence-corrected chi connectivity index (χ0v) is 40.5. The fourth-order valence-corrected chi connectivity index (χ4v) is 12.9. The van der Waals surface area contributed by atoms with E-state index in [1.54, 1.807) is 0 Å². The van der Waals surface area contributed by atoms with E-state index in [1.807, 2.05) is 0 Å². The molecule has 2 atom stereocenters. The molecule has 2 unspecified atom stereocenters. The summed E-state index contributed by atoms with van der Waals surface area (Å²) in [6.07, 6.45) is 10.3. The Balaban J connectivity index is 1.12. The third kappa shape index (κ3) is 6.35. The lowest BCUT2D eigenvalue weighted by Gasteiger charge is -2.41. The normalized spacial score (nSPS) is 16.9. The fraction of sp³-hybridized carbons (Fsp3) is 0.0857. The predicted octanol–water partition coefficient (Wildman–Crippen LogP) is 18.8. The second kappa shape index (κ2) is 16.4. The summed E-state index contributed by atoms with van der Waals surface area (Å²) in [5, 5.41) is 7.44. The molecular formula is C70H52N2. The van der Waals surface area contributed by atoms with Crippen LogP contribution in [-0.2, 0) is 10.8 Å². The summed E-state index contributed by atoms with van der Waals surface area (Å²) in [5.74, 6) is 0.107. The topological polar surface area (TPSA) is 6.48 Å². The number of para-hydroxylation sites is 2. The van der Waals surface area contributed by atoms with Crippen LogP contribution in [0.3, 0.4) is 0 Å². The van der Waals surface area contributed by atoms with E-state index in [4.69, 9.17) is 0 Å². The Morgan fingerprint density at radius 1 is 0.375 bits per heavy atom. The first-order valence-electron chi connectivity index (χ1n) is 25.4. The predicted molar refractivity (Wildman–Crippen MR) is 304 cm³/mol. The van der Waals surface area contributed by atoms with Gasteiger partial charge in [0, 0.05) is 39.4 Å². The number of allylic oxidation sites excluding steroid dienone is 4. The van der Waals surface area contributed by atoms with Crippen LogP contribution in [0.2, 0.25) is 0 Å². The van der Waals surface area contributed by atoms with E-state index < -0.39 is 5.41 Å². The lowest BCUT2D eigenvalue weighted by Crippen LogP contribution is -2.36. The molecule has 3 aliphatic rings. The van der Waals surface area contributed by atoms with Gasteiger partial charge in [-0.25, -0.2) is 0 Å². The van der Waals surface area contributed by atoms with E-state index in [9.17, 15) is 0 Å². The molecule has 0 heterocycles. The molecule has 0 saturated carbocycles. The Morgan fingerprint density at radius 2 is 0.958 bits per heavy atom. The molecule has 0 radical (unpaired) electrons. The summed E-state index contributed by atoms with van der Waals surface area (Å²) < 4.78 is 0. The van der Waals surface area contributed by atoms with Crippen molar-refractivity contribution in [2.24, 2.45) is 5.92 Å². The van der Waals surface area contributed by atoms with Gasteiger partial charge in [-0.2, -0.15) is 0 Å². The zero-order chi connectivity index (χ0) is 48.0. The molecule has 3 aliphatic carbocycles. The van der Waals surface area contributed by atoms with Gasteiger partial charge >= 0.3 is 0 Å². The number of hydrogen-bond acceptors (Lipinski definition) is 2. The highest BCUT2D eigenvalue weighted by atomic mass is 15.2. The average molecular weight is 921 g/mol. The van der Waals surface area contributed by atoms with Crippen molar-refractivity contribution in [1.29, 1.82) is 0 Å². The molecule has 0 N–H and O–H groups in total. The largest absolute Gasteiger partial charge is 0.310 e. The number of nitrogens with zero attached hydrogens (tertiary/aromatic N) is 2. The van der Waals surface area contributed by atoms with E-state index in [0.717, 1.165) is 40.5 Å². The van der Waals surface area contributed by atoms with Gasteiger partial charge in [-0.1, -0.05) is 214 Å². The summed E-state index contributed by atoms with van der Waals surface area (Å²) >= 11 is 0. The first kappa shape index (κ1) is 42.2. The lowest BCUT2D eigenvalue weighted by molar-refractivity contribution is 0.456. The second-order valence-corrected chi connectivity index (χ2v) is 20.4. The average Bonchev–Trinajstić information content (AvgIpc) is 3.87. The van der Waals surface area contributed by atoms with Crippen LogP contribution in [0.1, 0.15) is 48.1 Å². The Bertz CT molecular complexity index is 4010. The number of rotatable bonds is 8. The van der Waals surface area contributed by atoms with Crippen LogP contribution in [-0.4, -0.2) is 0 Å². The van der Waals surface area contributed by atoms with E-state index in [1.165, 1.54) is 82.4 Å². The van der Waals surface area contributed by atoms with Crippen LogP contribution < -0.4 is 9.80 Å². The number of hydrogen-bond donors (Lipinski definition) is 0. The minimum absolute atomic E-state index is 0.107. The summed E-state index contributed by atoms with van der Waals surface area (Å²) in [6, 6.07) is 88.8. The Kier molecular flexibility index (Phi) is 9.63. The molecule has 0 bridgehead atoms. The van der Waals surface area contributed by atoms with Crippen LogP contribution in [0.15, 0.2) is 261 Å². The number of benzene rings is 11. The summed E-state index contributed by atoms with van der Waals surface area (Å²) in [4.78, 5) is 5.01. The monoisotopic (exact) mass is 920 g/mol. The first-order chi connectivity index (χ1) is 35.5. The molecule has 0 fully saturated rings. The van der Waals surface area contributed by atoms with Gasteiger partial charge in [0.05, 0.1) is 11.1 Å². The van der Waals surface area contributed by atoms with Gasteiger partial charge < -0.3 is 9.80 Å². The van der Waals surface area contributed by atoms with Gasteiger partial charge in [0.2, 0.25) is 0 Å². The Hall–Kier alpha value is -8.72. The molecule has 342 valence electrons.